The van der Waals surface area contributed by atoms with Crippen molar-refractivity contribution >= 4 is 23.5 Å². The van der Waals surface area contributed by atoms with Gasteiger partial charge in [0.05, 0.1) is 11.1 Å². The molecule has 0 spiro atoms. The number of nitrogens with zero attached hydrogens (tertiary/aromatic N) is 1. The zero-order valence-corrected chi connectivity index (χ0v) is 13.5. The topological polar surface area (TPSA) is 98.7 Å². The van der Waals surface area contributed by atoms with Gasteiger partial charge in [-0.2, -0.15) is 0 Å². The van der Waals surface area contributed by atoms with Gasteiger partial charge in [-0.15, -0.1) is 0 Å². The maximum atomic E-state index is 12.5. The highest BCUT2D eigenvalue weighted by atomic mass is 16.3. The maximum absolute atomic E-state index is 12.5. The van der Waals surface area contributed by atoms with Crippen molar-refractivity contribution in [3.63, 3.8) is 0 Å². The van der Waals surface area contributed by atoms with Gasteiger partial charge in [-0.05, 0) is 45.4 Å². The van der Waals surface area contributed by atoms with Crippen LogP contribution < -0.4 is 10.6 Å². The normalized spacial score (nSPS) is 14.0. The third kappa shape index (κ3) is 3.50. The summed E-state index contributed by atoms with van der Waals surface area (Å²) in [5.41, 5.74) is 0.457. The summed E-state index contributed by atoms with van der Waals surface area (Å²) in [7, 11) is 0. The van der Waals surface area contributed by atoms with Crippen LogP contribution in [0.1, 0.15) is 47.9 Å². The van der Waals surface area contributed by atoms with Gasteiger partial charge in [-0.25, -0.2) is 4.79 Å². The summed E-state index contributed by atoms with van der Waals surface area (Å²) >= 11 is 0. The summed E-state index contributed by atoms with van der Waals surface area (Å²) in [4.78, 5) is 37.7. The van der Waals surface area contributed by atoms with Crippen LogP contribution in [0.2, 0.25) is 0 Å². The zero-order valence-electron chi connectivity index (χ0n) is 13.5. The minimum absolute atomic E-state index is 0.00161. The molecular formula is C16H21N3O4. The van der Waals surface area contributed by atoms with Gasteiger partial charge in [0.15, 0.2) is 0 Å². The second kappa shape index (κ2) is 6.37. The molecule has 2 rings (SSSR count). The van der Waals surface area contributed by atoms with Crippen LogP contribution in [0, 0.1) is 0 Å². The number of amides is 4. The Hall–Kier alpha value is -2.41. The van der Waals surface area contributed by atoms with E-state index in [0.29, 0.717) is 24.2 Å². The number of benzene rings is 1. The van der Waals surface area contributed by atoms with E-state index < -0.39 is 11.6 Å². The number of rotatable bonds is 4. The van der Waals surface area contributed by atoms with Crippen LogP contribution >= 0.6 is 0 Å². The molecule has 7 heteroatoms. The van der Waals surface area contributed by atoms with Gasteiger partial charge in [0.25, 0.3) is 11.8 Å². The van der Waals surface area contributed by atoms with Crippen LogP contribution in [0.25, 0.3) is 0 Å². The largest absolute Gasteiger partial charge is 0.396 e. The van der Waals surface area contributed by atoms with Crippen LogP contribution in [0.5, 0.6) is 0 Å². The third-order valence-electron chi connectivity index (χ3n) is 3.44. The van der Waals surface area contributed by atoms with Crippen molar-refractivity contribution < 1.29 is 19.5 Å². The molecule has 1 aliphatic rings. The van der Waals surface area contributed by atoms with Gasteiger partial charge in [-0.1, -0.05) is 0 Å². The van der Waals surface area contributed by atoms with Crippen molar-refractivity contribution in [2.75, 3.05) is 18.5 Å². The molecule has 23 heavy (non-hydrogen) atoms. The summed E-state index contributed by atoms with van der Waals surface area (Å²) in [6.45, 7) is 5.73. The number of aliphatic hydroxyl groups excluding tert-OH is 1. The minimum Gasteiger partial charge on any atom is -0.396 e. The lowest BCUT2D eigenvalue weighted by atomic mass is 10.1. The number of fused-ring (bicyclic) bond motifs is 1. The van der Waals surface area contributed by atoms with Crippen LogP contribution in [-0.2, 0) is 0 Å². The Morgan fingerprint density at radius 2 is 1.83 bits per heavy atom. The van der Waals surface area contributed by atoms with Crippen molar-refractivity contribution in [2.45, 2.75) is 32.7 Å². The highest BCUT2D eigenvalue weighted by molar-refractivity contribution is 6.22. The van der Waals surface area contributed by atoms with Gasteiger partial charge in [0.1, 0.15) is 0 Å². The fraction of sp³-hybridized carbons (Fsp3) is 0.438. The lowest BCUT2D eigenvalue weighted by molar-refractivity contribution is 0.0507. The van der Waals surface area contributed by atoms with E-state index in [0.717, 1.165) is 0 Å². The summed E-state index contributed by atoms with van der Waals surface area (Å²) in [5.74, 6) is -0.682. The van der Waals surface area contributed by atoms with E-state index in [4.69, 9.17) is 5.11 Å². The fourth-order valence-corrected chi connectivity index (χ4v) is 2.38. The Morgan fingerprint density at radius 3 is 2.43 bits per heavy atom. The van der Waals surface area contributed by atoms with E-state index in [1.165, 1.54) is 11.0 Å². The van der Waals surface area contributed by atoms with Crippen LogP contribution in [0.3, 0.4) is 0 Å². The monoisotopic (exact) mass is 319 g/mol. The molecule has 0 saturated heterocycles. The Labute approximate surface area is 134 Å². The first-order valence-electron chi connectivity index (χ1n) is 7.44. The Bertz CT molecular complexity index is 649. The number of anilines is 1. The van der Waals surface area contributed by atoms with Crippen molar-refractivity contribution in [3.05, 3.63) is 29.3 Å². The smallest absolute Gasteiger partial charge is 0.319 e. The second-order valence-electron chi connectivity index (χ2n) is 6.33. The molecule has 1 aliphatic heterocycles. The molecule has 1 aromatic carbocycles. The number of carbonyl (C=O) groups is 3. The fourth-order valence-electron chi connectivity index (χ4n) is 2.38. The van der Waals surface area contributed by atoms with Gasteiger partial charge in [0, 0.05) is 24.4 Å². The summed E-state index contributed by atoms with van der Waals surface area (Å²) in [5, 5.41) is 13.9. The molecule has 0 atom stereocenters. The highest BCUT2D eigenvalue weighted by Gasteiger charge is 2.41. The molecule has 0 radical (unpaired) electrons. The van der Waals surface area contributed by atoms with Gasteiger partial charge in [-0.3, -0.25) is 14.5 Å². The number of urea groups is 1. The van der Waals surface area contributed by atoms with Gasteiger partial charge < -0.3 is 15.7 Å². The van der Waals surface area contributed by atoms with E-state index in [9.17, 15) is 14.4 Å². The predicted molar refractivity (Wildman–Crippen MR) is 85.4 cm³/mol. The lowest BCUT2D eigenvalue weighted by Crippen LogP contribution is -2.45. The number of imide groups is 1. The molecule has 0 bridgehead atoms. The molecular weight excluding hydrogens is 298 g/mol. The molecule has 0 aromatic heterocycles. The molecule has 0 unspecified atom stereocenters. The second-order valence-corrected chi connectivity index (χ2v) is 6.33. The van der Waals surface area contributed by atoms with Crippen molar-refractivity contribution in [2.24, 2.45) is 0 Å². The summed E-state index contributed by atoms with van der Waals surface area (Å²) in [6.07, 6.45) is 0.463. The standard InChI is InChI=1S/C16H21N3O4/c1-16(2,3)19-13(21)11-6-5-10(9-12(11)14(19)22)18-15(23)17-7-4-8-20/h5-6,9,20H,4,7-8H2,1-3H3,(H2,17,18,23). The number of hydrogen-bond donors (Lipinski definition) is 3. The highest BCUT2D eigenvalue weighted by Crippen LogP contribution is 2.30. The molecule has 3 N–H and O–H groups in total. The first-order chi connectivity index (χ1) is 10.8. The van der Waals surface area contributed by atoms with Crippen molar-refractivity contribution in [1.82, 2.24) is 10.2 Å². The quantitative estimate of drug-likeness (QED) is 0.579. The SMILES string of the molecule is CC(C)(C)N1C(=O)c2ccc(NC(=O)NCCCO)cc2C1=O. The van der Waals surface area contributed by atoms with Crippen molar-refractivity contribution in [3.8, 4) is 0 Å². The zero-order chi connectivity index (χ0) is 17.2. The number of carbonyl (C=O) groups excluding carboxylic acids is 3. The summed E-state index contributed by atoms with van der Waals surface area (Å²) in [6, 6.07) is 4.21. The summed E-state index contributed by atoms with van der Waals surface area (Å²) < 4.78 is 0. The lowest BCUT2D eigenvalue weighted by Gasteiger charge is -2.29. The van der Waals surface area contributed by atoms with E-state index in [-0.39, 0.29) is 24.0 Å². The van der Waals surface area contributed by atoms with Crippen LogP contribution in [-0.4, -0.2) is 46.5 Å². The average molecular weight is 319 g/mol. The molecule has 1 heterocycles. The molecule has 1 aromatic rings. The maximum Gasteiger partial charge on any atom is 0.319 e. The van der Waals surface area contributed by atoms with E-state index in [1.807, 2.05) is 0 Å². The van der Waals surface area contributed by atoms with Gasteiger partial charge >= 0.3 is 6.03 Å². The Morgan fingerprint density at radius 1 is 1.17 bits per heavy atom. The Balaban J connectivity index is 2.16. The van der Waals surface area contributed by atoms with Crippen LogP contribution in [0.15, 0.2) is 18.2 Å². The molecule has 0 saturated carbocycles. The van der Waals surface area contributed by atoms with Gasteiger partial charge in [0.2, 0.25) is 0 Å². The number of nitrogens with one attached hydrogen (secondary N) is 2. The number of hydrogen-bond acceptors (Lipinski definition) is 4. The molecule has 0 aliphatic carbocycles. The van der Waals surface area contributed by atoms with Crippen LogP contribution in [0.4, 0.5) is 10.5 Å². The first-order valence-corrected chi connectivity index (χ1v) is 7.44. The Kier molecular flexibility index (Phi) is 4.70. The molecule has 4 amide bonds. The minimum atomic E-state index is -0.609. The van der Waals surface area contributed by atoms with E-state index in [1.54, 1.807) is 32.9 Å². The molecule has 0 fully saturated rings. The first kappa shape index (κ1) is 17.0. The molecule has 124 valence electrons. The van der Waals surface area contributed by atoms with E-state index >= 15 is 0 Å². The molecule has 7 nitrogen and oxygen atoms in total. The van der Waals surface area contributed by atoms with Crippen molar-refractivity contribution in [1.29, 1.82) is 0 Å². The number of aliphatic hydroxyl groups is 1. The van der Waals surface area contributed by atoms with E-state index in [2.05, 4.69) is 10.6 Å². The predicted octanol–water partition coefficient (Wildman–Crippen LogP) is 1.58. The third-order valence-corrected chi connectivity index (χ3v) is 3.44. The average Bonchev–Trinajstić information content (AvgIpc) is 2.70.